The fraction of sp³-hybridized carbons (Fsp3) is 0.490. The number of anilines is 3. The van der Waals surface area contributed by atoms with Crippen LogP contribution in [0.4, 0.5) is 52.0 Å². The molecule has 0 unspecified atom stereocenters. The van der Waals surface area contributed by atoms with Gasteiger partial charge in [0.1, 0.15) is 39.7 Å². The van der Waals surface area contributed by atoms with Gasteiger partial charge >= 0.3 is 43.1 Å². The number of likely N-dealkylation sites (tertiary alicyclic amines) is 4. The number of amides is 4. The summed E-state index contributed by atoms with van der Waals surface area (Å²) in [4.78, 5) is 103. The molecule has 0 spiro atoms. The first-order valence-electron chi connectivity index (χ1n) is 45.3. The number of aromatic nitrogens is 5. The third kappa shape index (κ3) is 30.4. The van der Waals surface area contributed by atoms with Gasteiger partial charge in [-0.2, -0.15) is 4.39 Å². The Bertz CT molecular complexity index is 6060. The van der Waals surface area contributed by atoms with Crippen LogP contribution >= 0.6 is 103 Å². The molecule has 0 radical (unpaired) electrons. The van der Waals surface area contributed by atoms with E-state index >= 15 is 0 Å². The molecule has 15 rings (SSSR count). The summed E-state index contributed by atoms with van der Waals surface area (Å²) >= 11 is 24.4. The van der Waals surface area contributed by atoms with Gasteiger partial charge < -0.3 is 82.8 Å². The van der Waals surface area contributed by atoms with Crippen LogP contribution in [0, 0.1) is 46.8 Å². The molecule has 40 heteroatoms. The van der Waals surface area contributed by atoms with Gasteiger partial charge in [0.2, 0.25) is 5.82 Å². The highest BCUT2D eigenvalue weighted by atomic mass is 79.9. The Morgan fingerprint density at radius 3 is 1.41 bits per heavy atom. The van der Waals surface area contributed by atoms with Crippen molar-refractivity contribution in [3.8, 4) is 11.1 Å². The third-order valence-corrected chi connectivity index (χ3v) is 26.3. The van der Waals surface area contributed by atoms with Crippen LogP contribution < -0.4 is 21.8 Å². The van der Waals surface area contributed by atoms with E-state index in [2.05, 4.69) is 149 Å². The topological polar surface area (TPSA) is 357 Å². The van der Waals surface area contributed by atoms with Crippen molar-refractivity contribution >= 4 is 206 Å². The lowest BCUT2D eigenvalue weighted by Crippen LogP contribution is -2.41. The number of benzene rings is 7. The number of nitro benzene ring substituents is 2. The van der Waals surface area contributed by atoms with Crippen molar-refractivity contribution in [2.75, 3.05) is 75.3 Å². The maximum Gasteiger partial charge on any atom is 0.494 e. The van der Waals surface area contributed by atoms with Crippen molar-refractivity contribution in [1.82, 2.24) is 43.7 Å². The van der Waals surface area contributed by atoms with Crippen molar-refractivity contribution < 1.29 is 75.9 Å². The summed E-state index contributed by atoms with van der Waals surface area (Å²) in [6.45, 7) is 49.6. The molecule has 138 heavy (non-hydrogen) atoms. The zero-order valence-corrected chi connectivity index (χ0v) is 91.7. The third-order valence-electron chi connectivity index (χ3n) is 22.5. The van der Waals surface area contributed by atoms with E-state index in [0.29, 0.717) is 79.6 Å². The number of carbonyl (C=O) groups excluding carboxylic acids is 5. The highest BCUT2D eigenvalue weighted by Crippen LogP contribution is 2.46. The van der Waals surface area contributed by atoms with Crippen molar-refractivity contribution in [3.63, 3.8) is 0 Å². The number of nitrogens with two attached hydrogens (primary N) is 1. The van der Waals surface area contributed by atoms with E-state index < -0.39 is 68.5 Å². The first kappa shape index (κ1) is 111. The molecule has 0 bridgehead atoms. The molecular weight excluding hydrogens is 2140 g/mol. The van der Waals surface area contributed by atoms with E-state index in [1.165, 1.54) is 23.5 Å². The minimum Gasteiger partial charge on any atom is -0.464 e. The standard InChI is InChI=1S/C23H34BN3O4.C22H23BrClNO3S.C17H22BrN3O2.C15H20BrN3O4.C15H22BrN3O2.C6H3BrFNO2/c1-15-25-18-10-9-16(24-30-22(5,6)23(7,8)31-24)13-19(18)27(15)17-11-12-26(14-17)20(28)29-21(2,3)4;1-6-27-20(26)18(28-22(3,4)5)16-12(2)11-15-19(29-21(23)25-15)17(16)13-7-9-14(24)10-8-13;1-11-19-14-6-5-12(18)9-15(14)21(11)13-7-8-20(10-13)16(22)23-17(2,3)4;1-15(2,3)23-14(20)18-7-6-11(9-18)17-12-8-10(16)4-5-13(12)19(21)22;1-15(2,3)21-14(20)19-7-6-11(9-19)18-13-8-10(16)4-5-12(13)17;7-4-1-2-6(9(10)11)5(8)3-4/h9-10,13,17H,11-12,14H2,1-8H3;7-11,18H,6H2,1-5H3;5-6,9,13H,7-8,10H2,1-4H3;4-5,8,11,17H,6-7,9H2,1-3H3;4-5,8,11,18H,6-7,9,17H2,1-3H3;1-3H/t17-;18-;13-;2*11-;/m00000./s1. The monoisotopic (exact) mass is 2260 g/mol. The zero-order chi connectivity index (χ0) is 102. The second-order valence-corrected chi connectivity index (χ2v) is 46.4. The van der Waals surface area contributed by atoms with Crippen LogP contribution in [-0.4, -0.2) is 201 Å². The zero-order valence-electron chi connectivity index (χ0n) is 82.2. The smallest absolute Gasteiger partial charge is 0.464 e. The molecule has 8 heterocycles. The Hall–Kier alpha value is -9.32. The van der Waals surface area contributed by atoms with Gasteiger partial charge in [0.15, 0.2) is 10.0 Å². The number of aryl methyl sites for hydroxylation is 3. The second kappa shape index (κ2) is 45.7. The molecular formula is C98H124BBr5ClFN14O17S. The quantitative estimate of drug-likeness (QED) is 0.0227. The van der Waals surface area contributed by atoms with E-state index in [1.54, 1.807) is 38.7 Å². The molecule has 3 aromatic heterocycles. The normalized spacial score (nSPS) is 17.6. The minimum absolute atomic E-state index is 0.0175. The van der Waals surface area contributed by atoms with Crippen LogP contribution in [0.5, 0.6) is 0 Å². The molecule has 7 aromatic carbocycles. The molecule has 4 N–H and O–H groups in total. The summed E-state index contributed by atoms with van der Waals surface area (Å²) in [7, 11) is -0.417. The molecule has 5 saturated heterocycles. The maximum atomic E-state index is 13.0. The lowest BCUT2D eigenvalue weighted by Gasteiger charge is -2.32. The van der Waals surface area contributed by atoms with Gasteiger partial charge in [0.25, 0.3) is 5.69 Å². The highest BCUT2D eigenvalue weighted by molar-refractivity contribution is 9.11. The van der Waals surface area contributed by atoms with E-state index in [4.69, 9.17) is 60.0 Å². The largest absolute Gasteiger partial charge is 0.494 e. The van der Waals surface area contributed by atoms with Gasteiger partial charge in [-0.05, 0) is 308 Å². The average Bonchev–Trinajstić information content (AvgIpc) is 1.53. The number of nitrogens with zero attached hydrogens (tertiary/aromatic N) is 11. The molecule has 31 nitrogen and oxygen atoms in total. The van der Waals surface area contributed by atoms with Gasteiger partial charge in [-0.3, -0.25) is 20.2 Å². The van der Waals surface area contributed by atoms with Gasteiger partial charge in [-0.25, -0.2) is 38.9 Å². The highest BCUT2D eigenvalue weighted by Gasteiger charge is 2.52. The molecule has 10 aromatic rings. The van der Waals surface area contributed by atoms with Gasteiger partial charge in [0, 0.05) is 111 Å². The number of nitrogen functional groups attached to an aromatic ring is 1. The maximum absolute atomic E-state index is 13.0. The molecule has 5 aliphatic heterocycles. The lowest BCUT2D eigenvalue weighted by molar-refractivity contribution is -0.387. The van der Waals surface area contributed by atoms with Crippen LogP contribution in [0.25, 0.3) is 43.4 Å². The number of fused-ring (bicyclic) bond motifs is 3. The number of nitro groups is 2. The van der Waals surface area contributed by atoms with Crippen molar-refractivity contribution in [2.45, 2.75) is 254 Å². The fourth-order valence-electron chi connectivity index (χ4n) is 15.8. The van der Waals surface area contributed by atoms with Crippen LogP contribution in [0.2, 0.25) is 5.02 Å². The minimum atomic E-state index is -0.856. The second-order valence-electron chi connectivity index (χ2n) is 40.0. The van der Waals surface area contributed by atoms with E-state index in [9.17, 15) is 48.6 Å². The molecule has 4 amide bonds. The van der Waals surface area contributed by atoms with Crippen LogP contribution in [0.3, 0.4) is 0 Å². The fourth-order valence-corrected chi connectivity index (χ4v) is 18.9. The summed E-state index contributed by atoms with van der Waals surface area (Å²) in [6.07, 6.45) is 1.42. The number of thiazole rings is 1. The van der Waals surface area contributed by atoms with Gasteiger partial charge in [0.05, 0.1) is 89.0 Å². The van der Waals surface area contributed by atoms with E-state index in [0.717, 1.165) is 126 Å². The molecule has 5 atom stereocenters. The number of rotatable bonds is 14. The number of ether oxygens (including phenoxy) is 6. The van der Waals surface area contributed by atoms with Crippen molar-refractivity contribution in [2.24, 2.45) is 0 Å². The predicted molar refractivity (Wildman–Crippen MR) is 558 cm³/mol. The first-order valence-corrected chi connectivity index (χ1v) is 50.5. The Morgan fingerprint density at radius 2 is 0.957 bits per heavy atom. The van der Waals surface area contributed by atoms with Gasteiger partial charge in [-0.1, -0.05) is 93.5 Å². The summed E-state index contributed by atoms with van der Waals surface area (Å²) in [6, 6.07) is 36.4. The SMILES string of the molecule is CC(C)(C)OC(=O)N1CC[C@H](Nc2cc(Br)ccc2N)C1.CC(C)(C)OC(=O)N1CC[C@H](Nc2cc(Br)ccc2[N+](=O)[O-])C1.CCOC(=O)[C@@H](OC(C)(C)C)c1c(C)cc2nc(Br)sc2c1-c1ccc(Cl)cc1.Cc1nc2ccc(B3OC(C)(C)C(C)(C)O3)cc2n1[C@H]1CCN(C(=O)OC(C)(C)C)C1.Cc1nc2ccc(Br)cc2n1[C@H]1CCN(C(=O)OC(C)(C)C)C1.O=[N+]([O-])c1ccc(Br)cc1F. The Kier molecular flexibility index (Phi) is 36.7. The average molecular weight is 2270 g/mol. The molecule has 746 valence electrons. The molecule has 5 aliphatic rings. The number of carbonyl (C=O) groups is 5. The van der Waals surface area contributed by atoms with E-state index in [1.807, 2.05) is 197 Å². The Morgan fingerprint density at radius 1 is 0.543 bits per heavy atom. The summed E-state index contributed by atoms with van der Waals surface area (Å²) in [5, 5.41) is 28.4. The molecule has 5 fully saturated rings. The van der Waals surface area contributed by atoms with Crippen LogP contribution in [0.1, 0.15) is 205 Å². The number of hydrogen-bond acceptors (Lipinski definition) is 24. The van der Waals surface area contributed by atoms with Crippen molar-refractivity contribution in [3.05, 3.63) is 197 Å². The number of halogens is 7. The summed E-state index contributed by atoms with van der Waals surface area (Å²) < 4.78 is 68.0. The number of esters is 1. The molecule has 0 saturated carbocycles. The van der Waals surface area contributed by atoms with Crippen LogP contribution in [-0.2, 0) is 42.5 Å². The van der Waals surface area contributed by atoms with Crippen LogP contribution in [0.15, 0.2) is 143 Å². The van der Waals surface area contributed by atoms with Gasteiger partial charge in [-0.15, -0.1) is 11.3 Å². The molecule has 0 aliphatic carbocycles. The predicted octanol–water partition coefficient (Wildman–Crippen LogP) is 24.9. The first-order chi connectivity index (χ1) is 64.1. The Balaban J connectivity index is 0.000000174. The Labute approximate surface area is 856 Å². The number of imidazole rings is 2. The van der Waals surface area contributed by atoms with E-state index in [-0.39, 0.29) is 72.0 Å². The number of hydrogen-bond donors (Lipinski definition) is 3. The lowest BCUT2D eigenvalue weighted by atomic mass is 9.79. The summed E-state index contributed by atoms with van der Waals surface area (Å²) in [5.74, 6) is 0.694. The number of nitrogens with one attached hydrogen (secondary N) is 2. The summed E-state index contributed by atoms with van der Waals surface area (Å²) in [5.41, 5.74) is 13.7. The van der Waals surface area contributed by atoms with Crippen molar-refractivity contribution in [1.29, 1.82) is 0 Å².